The summed E-state index contributed by atoms with van der Waals surface area (Å²) in [6.45, 7) is 0.646. The van der Waals surface area contributed by atoms with Gasteiger partial charge in [0.05, 0.1) is 23.1 Å². The number of carbonyl (C=O) groups excluding carboxylic acids is 1. The molecule has 0 saturated carbocycles. The first-order chi connectivity index (χ1) is 12.5. The Morgan fingerprint density at radius 3 is 2.58 bits per heavy atom. The summed E-state index contributed by atoms with van der Waals surface area (Å²) in [6.07, 6.45) is 0. The van der Waals surface area contributed by atoms with E-state index in [4.69, 9.17) is 10.00 Å². The Hall–Kier alpha value is -2.85. The van der Waals surface area contributed by atoms with Crippen molar-refractivity contribution in [2.75, 3.05) is 24.6 Å². The molecule has 0 aromatic heterocycles. The molecule has 1 aliphatic heterocycles. The van der Waals surface area contributed by atoms with Crippen LogP contribution in [0.2, 0.25) is 0 Å². The second kappa shape index (κ2) is 7.58. The van der Waals surface area contributed by atoms with E-state index in [-0.39, 0.29) is 37.1 Å². The van der Waals surface area contributed by atoms with Crippen LogP contribution in [0.15, 0.2) is 48.5 Å². The standard InChI is InChI=1S/C19H18N2O4S/c20-13-16-4-1-2-5-17(16)14-25-18-7-3-6-15(12-18)19(22)21-8-10-26(23,24)11-9-21/h1-7,12H,8-11,14H2. The molecule has 7 heteroatoms. The van der Waals surface area contributed by atoms with Crippen LogP contribution in [0.3, 0.4) is 0 Å². The summed E-state index contributed by atoms with van der Waals surface area (Å²) in [5, 5.41) is 9.12. The number of hydrogen-bond acceptors (Lipinski definition) is 5. The number of nitriles is 1. The van der Waals surface area contributed by atoms with Crippen molar-refractivity contribution >= 4 is 15.7 Å². The predicted octanol–water partition coefficient (Wildman–Crippen LogP) is 2.01. The molecule has 134 valence electrons. The number of nitrogens with zero attached hydrogens (tertiary/aromatic N) is 2. The van der Waals surface area contributed by atoms with Crippen LogP contribution in [-0.2, 0) is 16.4 Å². The number of carbonyl (C=O) groups is 1. The Labute approximate surface area is 152 Å². The monoisotopic (exact) mass is 370 g/mol. The molecular formula is C19H18N2O4S. The van der Waals surface area contributed by atoms with Gasteiger partial charge in [-0.1, -0.05) is 24.3 Å². The molecule has 2 aromatic rings. The van der Waals surface area contributed by atoms with Gasteiger partial charge in [-0.3, -0.25) is 4.79 Å². The number of benzene rings is 2. The van der Waals surface area contributed by atoms with Crippen molar-refractivity contribution < 1.29 is 17.9 Å². The van der Waals surface area contributed by atoms with E-state index in [2.05, 4.69) is 6.07 Å². The summed E-state index contributed by atoms with van der Waals surface area (Å²) in [5.41, 5.74) is 1.78. The molecule has 0 N–H and O–H groups in total. The highest BCUT2D eigenvalue weighted by molar-refractivity contribution is 7.91. The van der Waals surface area contributed by atoms with E-state index in [0.29, 0.717) is 16.9 Å². The van der Waals surface area contributed by atoms with Crippen molar-refractivity contribution in [3.05, 3.63) is 65.2 Å². The van der Waals surface area contributed by atoms with Crippen LogP contribution in [0.4, 0.5) is 0 Å². The van der Waals surface area contributed by atoms with Gasteiger partial charge >= 0.3 is 0 Å². The Morgan fingerprint density at radius 1 is 1.12 bits per heavy atom. The summed E-state index contributed by atoms with van der Waals surface area (Å²) < 4.78 is 28.7. The highest BCUT2D eigenvalue weighted by atomic mass is 32.2. The van der Waals surface area contributed by atoms with E-state index < -0.39 is 9.84 Å². The molecule has 6 nitrogen and oxygen atoms in total. The Bertz CT molecular complexity index is 949. The first-order valence-corrected chi connectivity index (χ1v) is 10.0. The fourth-order valence-corrected chi connectivity index (χ4v) is 3.93. The highest BCUT2D eigenvalue weighted by Crippen LogP contribution is 2.18. The van der Waals surface area contributed by atoms with Gasteiger partial charge in [-0.2, -0.15) is 5.26 Å². The number of sulfone groups is 1. The summed E-state index contributed by atoms with van der Waals surface area (Å²) in [4.78, 5) is 14.1. The van der Waals surface area contributed by atoms with Crippen molar-refractivity contribution in [3.63, 3.8) is 0 Å². The molecule has 26 heavy (non-hydrogen) atoms. The van der Waals surface area contributed by atoms with Crippen molar-refractivity contribution in [2.24, 2.45) is 0 Å². The lowest BCUT2D eigenvalue weighted by molar-refractivity contribution is 0.0769. The molecule has 1 amide bonds. The molecule has 1 saturated heterocycles. The Morgan fingerprint density at radius 2 is 1.85 bits per heavy atom. The molecule has 1 fully saturated rings. The molecule has 0 bridgehead atoms. The van der Waals surface area contributed by atoms with Gasteiger partial charge in [-0.15, -0.1) is 0 Å². The smallest absolute Gasteiger partial charge is 0.254 e. The third-order valence-corrected chi connectivity index (χ3v) is 5.85. The molecular weight excluding hydrogens is 352 g/mol. The molecule has 2 aromatic carbocycles. The number of ether oxygens (including phenoxy) is 1. The van der Waals surface area contributed by atoms with E-state index in [1.54, 1.807) is 41.3 Å². The average Bonchev–Trinajstić information content (AvgIpc) is 2.66. The van der Waals surface area contributed by atoms with Crippen molar-refractivity contribution in [1.82, 2.24) is 4.90 Å². The van der Waals surface area contributed by atoms with E-state index in [1.165, 1.54) is 0 Å². The Kier molecular flexibility index (Phi) is 5.24. The van der Waals surface area contributed by atoms with E-state index >= 15 is 0 Å². The molecule has 0 atom stereocenters. The van der Waals surface area contributed by atoms with Crippen LogP contribution < -0.4 is 4.74 Å². The first-order valence-electron chi connectivity index (χ1n) is 8.19. The minimum absolute atomic E-state index is 0.000124. The van der Waals surface area contributed by atoms with Crippen LogP contribution >= 0.6 is 0 Å². The summed E-state index contributed by atoms with van der Waals surface area (Å²) in [7, 11) is -3.03. The summed E-state index contributed by atoms with van der Waals surface area (Å²) in [5.74, 6) is 0.315. The molecule has 0 spiro atoms. The molecule has 1 heterocycles. The maximum absolute atomic E-state index is 12.6. The van der Waals surface area contributed by atoms with Gasteiger partial charge < -0.3 is 9.64 Å². The lowest BCUT2D eigenvalue weighted by Gasteiger charge is -2.26. The number of rotatable bonds is 4. The molecule has 0 unspecified atom stereocenters. The maximum Gasteiger partial charge on any atom is 0.254 e. The average molecular weight is 370 g/mol. The first kappa shape index (κ1) is 18.0. The van der Waals surface area contributed by atoms with Crippen LogP contribution in [0, 0.1) is 11.3 Å². The van der Waals surface area contributed by atoms with E-state index in [9.17, 15) is 13.2 Å². The zero-order valence-electron chi connectivity index (χ0n) is 14.1. The number of hydrogen-bond donors (Lipinski definition) is 0. The number of amides is 1. The second-order valence-electron chi connectivity index (χ2n) is 6.03. The topological polar surface area (TPSA) is 87.5 Å². The fourth-order valence-electron chi connectivity index (χ4n) is 2.73. The van der Waals surface area contributed by atoms with Gasteiger partial charge in [0, 0.05) is 24.2 Å². The quantitative estimate of drug-likeness (QED) is 0.821. The van der Waals surface area contributed by atoms with Gasteiger partial charge in [-0.25, -0.2) is 8.42 Å². The minimum atomic E-state index is -3.03. The molecule has 3 rings (SSSR count). The van der Waals surface area contributed by atoms with E-state index in [0.717, 1.165) is 5.56 Å². The largest absolute Gasteiger partial charge is 0.489 e. The third kappa shape index (κ3) is 4.21. The summed E-state index contributed by atoms with van der Waals surface area (Å²) >= 11 is 0. The van der Waals surface area contributed by atoms with Crippen LogP contribution in [-0.4, -0.2) is 43.8 Å². The molecule has 0 aliphatic carbocycles. The van der Waals surface area contributed by atoms with Crippen molar-refractivity contribution in [3.8, 4) is 11.8 Å². The second-order valence-corrected chi connectivity index (χ2v) is 8.33. The van der Waals surface area contributed by atoms with Gasteiger partial charge in [0.1, 0.15) is 12.4 Å². The predicted molar refractivity (Wildman–Crippen MR) is 96.5 cm³/mol. The lowest BCUT2D eigenvalue weighted by Crippen LogP contribution is -2.43. The SMILES string of the molecule is N#Cc1ccccc1COc1cccc(C(=O)N2CCS(=O)(=O)CC2)c1. The fraction of sp³-hybridized carbons (Fsp3) is 0.263. The van der Waals surface area contributed by atoms with Crippen molar-refractivity contribution in [1.29, 1.82) is 5.26 Å². The normalized spacial score (nSPS) is 15.9. The van der Waals surface area contributed by atoms with Gasteiger partial charge in [0.15, 0.2) is 9.84 Å². The molecule has 1 aliphatic rings. The highest BCUT2D eigenvalue weighted by Gasteiger charge is 2.25. The van der Waals surface area contributed by atoms with Gasteiger partial charge in [0.25, 0.3) is 5.91 Å². The lowest BCUT2D eigenvalue weighted by atomic mass is 10.1. The van der Waals surface area contributed by atoms with Crippen LogP contribution in [0.5, 0.6) is 5.75 Å². The van der Waals surface area contributed by atoms with Gasteiger partial charge in [0.2, 0.25) is 0 Å². The summed E-state index contributed by atoms with van der Waals surface area (Å²) in [6, 6.07) is 16.1. The van der Waals surface area contributed by atoms with Crippen LogP contribution in [0.25, 0.3) is 0 Å². The maximum atomic E-state index is 12.6. The zero-order valence-corrected chi connectivity index (χ0v) is 14.9. The Balaban J connectivity index is 1.68. The van der Waals surface area contributed by atoms with Crippen LogP contribution in [0.1, 0.15) is 21.5 Å². The van der Waals surface area contributed by atoms with Gasteiger partial charge in [-0.05, 0) is 24.3 Å². The third-order valence-electron chi connectivity index (χ3n) is 4.24. The zero-order chi connectivity index (χ0) is 18.6. The van der Waals surface area contributed by atoms with Crippen molar-refractivity contribution in [2.45, 2.75) is 6.61 Å². The minimum Gasteiger partial charge on any atom is -0.489 e. The van der Waals surface area contributed by atoms with E-state index in [1.807, 2.05) is 12.1 Å². The molecule has 0 radical (unpaired) electrons.